The second kappa shape index (κ2) is 9.84. The molecule has 0 saturated heterocycles. The lowest BCUT2D eigenvalue weighted by molar-refractivity contribution is -0.121. The summed E-state index contributed by atoms with van der Waals surface area (Å²) in [5.74, 6) is 0.636. The molecule has 7 heteroatoms. The molecule has 1 N–H and O–H groups in total. The van der Waals surface area contributed by atoms with Gasteiger partial charge >= 0.3 is 0 Å². The molecule has 3 rings (SSSR count). The lowest BCUT2D eigenvalue weighted by atomic mass is 10.1. The molecule has 0 aliphatic carbocycles. The molecule has 0 fully saturated rings. The van der Waals surface area contributed by atoms with E-state index in [1.807, 2.05) is 43.3 Å². The Hall–Kier alpha value is -3.19. The molecule has 3 aromatic rings. The summed E-state index contributed by atoms with van der Waals surface area (Å²) in [6, 6.07) is 13.1. The van der Waals surface area contributed by atoms with Gasteiger partial charge in [-0.2, -0.15) is 0 Å². The smallest absolute Gasteiger partial charge is 0.261 e. The van der Waals surface area contributed by atoms with E-state index in [0.29, 0.717) is 30.7 Å². The van der Waals surface area contributed by atoms with Gasteiger partial charge in [-0.05, 0) is 36.2 Å². The van der Waals surface area contributed by atoms with Crippen molar-refractivity contribution in [1.82, 2.24) is 14.9 Å². The summed E-state index contributed by atoms with van der Waals surface area (Å²) in [4.78, 5) is 29.1. The number of rotatable bonds is 9. The number of carbonyl (C=O) groups is 1. The monoisotopic (exact) mass is 395 g/mol. The number of amides is 1. The topological polar surface area (TPSA) is 82.4 Å². The average Bonchev–Trinajstić information content (AvgIpc) is 2.73. The molecule has 1 heterocycles. The van der Waals surface area contributed by atoms with Crippen molar-refractivity contribution >= 4 is 16.8 Å². The Morgan fingerprint density at radius 2 is 1.93 bits per heavy atom. The van der Waals surface area contributed by atoms with Crippen LogP contribution in [-0.4, -0.2) is 35.8 Å². The fourth-order valence-corrected chi connectivity index (χ4v) is 2.95. The van der Waals surface area contributed by atoms with Gasteiger partial charge in [0.1, 0.15) is 12.4 Å². The minimum Gasteiger partial charge on any atom is -0.491 e. The standard InChI is InChI=1S/C22H25N3O4/c1-16-4-3-5-19-21(16)24-15-25(22(19)27)11-10-20(26)23-14-17-6-8-18(9-7-17)29-13-12-28-2/h3-9,15H,10-14H2,1-2H3,(H,23,26). The molecule has 0 radical (unpaired) electrons. The van der Waals surface area contributed by atoms with Crippen molar-refractivity contribution in [2.45, 2.75) is 26.4 Å². The van der Waals surface area contributed by atoms with Gasteiger partial charge in [0.15, 0.2) is 0 Å². The number of aryl methyl sites for hydroxylation is 2. The molecule has 29 heavy (non-hydrogen) atoms. The number of ether oxygens (including phenoxy) is 2. The third-order valence-electron chi connectivity index (χ3n) is 4.60. The maximum atomic E-state index is 12.6. The number of benzene rings is 2. The normalized spacial score (nSPS) is 10.8. The molecule has 0 saturated carbocycles. The minimum absolute atomic E-state index is 0.123. The van der Waals surface area contributed by atoms with Crippen LogP contribution in [-0.2, 0) is 22.6 Å². The second-order valence-electron chi connectivity index (χ2n) is 6.73. The molecule has 0 aliphatic heterocycles. The number of aromatic nitrogens is 2. The van der Waals surface area contributed by atoms with Gasteiger partial charge in [0.2, 0.25) is 5.91 Å². The third-order valence-corrected chi connectivity index (χ3v) is 4.60. The highest BCUT2D eigenvalue weighted by molar-refractivity contribution is 5.80. The second-order valence-corrected chi connectivity index (χ2v) is 6.73. The quantitative estimate of drug-likeness (QED) is 0.563. The van der Waals surface area contributed by atoms with Crippen molar-refractivity contribution in [3.63, 3.8) is 0 Å². The zero-order valence-electron chi connectivity index (χ0n) is 16.7. The van der Waals surface area contributed by atoms with Crippen molar-refractivity contribution < 1.29 is 14.3 Å². The van der Waals surface area contributed by atoms with E-state index in [1.54, 1.807) is 13.2 Å². The third kappa shape index (κ3) is 5.42. The fourth-order valence-electron chi connectivity index (χ4n) is 2.95. The molecule has 2 aromatic carbocycles. The van der Waals surface area contributed by atoms with Crippen molar-refractivity contribution in [2.75, 3.05) is 20.3 Å². The molecular formula is C22H25N3O4. The van der Waals surface area contributed by atoms with E-state index in [4.69, 9.17) is 9.47 Å². The van der Waals surface area contributed by atoms with Crippen LogP contribution in [0, 0.1) is 6.92 Å². The summed E-state index contributed by atoms with van der Waals surface area (Å²) in [5.41, 5.74) is 2.50. The van der Waals surface area contributed by atoms with Gasteiger partial charge in [-0.15, -0.1) is 0 Å². The van der Waals surface area contributed by atoms with Crippen LogP contribution in [0.2, 0.25) is 0 Å². The van der Waals surface area contributed by atoms with E-state index in [0.717, 1.165) is 16.9 Å². The van der Waals surface area contributed by atoms with Crippen LogP contribution in [0.5, 0.6) is 5.75 Å². The van der Waals surface area contributed by atoms with Crippen molar-refractivity contribution in [2.24, 2.45) is 0 Å². The first-order valence-corrected chi connectivity index (χ1v) is 9.50. The summed E-state index contributed by atoms with van der Waals surface area (Å²) < 4.78 is 11.9. The van der Waals surface area contributed by atoms with Crippen molar-refractivity contribution in [3.05, 3.63) is 70.3 Å². The Labute approximate surface area is 169 Å². The highest BCUT2D eigenvalue weighted by Gasteiger charge is 2.08. The van der Waals surface area contributed by atoms with Gasteiger partial charge in [0.25, 0.3) is 5.56 Å². The first-order chi connectivity index (χ1) is 14.1. The molecule has 152 valence electrons. The lowest BCUT2D eigenvalue weighted by Crippen LogP contribution is -2.27. The van der Waals surface area contributed by atoms with Crippen LogP contribution < -0.4 is 15.6 Å². The first kappa shape index (κ1) is 20.5. The number of nitrogens with one attached hydrogen (secondary N) is 1. The number of hydrogen-bond acceptors (Lipinski definition) is 5. The van der Waals surface area contributed by atoms with Gasteiger partial charge < -0.3 is 14.8 Å². The predicted octanol–water partition coefficient (Wildman–Crippen LogP) is 2.44. The van der Waals surface area contributed by atoms with E-state index in [2.05, 4.69) is 10.3 Å². The molecule has 0 unspecified atom stereocenters. The number of fused-ring (bicyclic) bond motifs is 1. The van der Waals surface area contributed by atoms with Gasteiger partial charge in [0, 0.05) is 26.6 Å². The summed E-state index contributed by atoms with van der Waals surface area (Å²) >= 11 is 0. The van der Waals surface area contributed by atoms with Gasteiger partial charge in [0.05, 0.1) is 23.8 Å². The Balaban J connectivity index is 1.51. The molecule has 0 spiro atoms. The summed E-state index contributed by atoms with van der Waals surface area (Å²) in [5, 5.41) is 3.44. The Morgan fingerprint density at radius 3 is 2.69 bits per heavy atom. The molecular weight excluding hydrogens is 370 g/mol. The molecule has 0 bridgehead atoms. The van der Waals surface area contributed by atoms with Crippen molar-refractivity contribution in [1.29, 1.82) is 0 Å². The van der Waals surface area contributed by atoms with E-state index in [1.165, 1.54) is 10.9 Å². The first-order valence-electron chi connectivity index (χ1n) is 9.50. The van der Waals surface area contributed by atoms with E-state index in [9.17, 15) is 9.59 Å². The largest absolute Gasteiger partial charge is 0.491 e. The van der Waals surface area contributed by atoms with Crippen LogP contribution in [0.1, 0.15) is 17.5 Å². The minimum atomic E-state index is -0.129. The lowest BCUT2D eigenvalue weighted by Gasteiger charge is -2.09. The zero-order chi connectivity index (χ0) is 20.6. The number of nitrogens with zero attached hydrogens (tertiary/aromatic N) is 2. The predicted molar refractivity (Wildman–Crippen MR) is 111 cm³/mol. The highest BCUT2D eigenvalue weighted by Crippen LogP contribution is 2.12. The molecule has 0 atom stereocenters. The van der Waals surface area contributed by atoms with E-state index in [-0.39, 0.29) is 24.4 Å². The van der Waals surface area contributed by atoms with Gasteiger partial charge in [-0.1, -0.05) is 24.3 Å². The average molecular weight is 395 g/mol. The zero-order valence-corrected chi connectivity index (χ0v) is 16.7. The molecule has 7 nitrogen and oxygen atoms in total. The van der Waals surface area contributed by atoms with Crippen LogP contribution in [0.3, 0.4) is 0 Å². The van der Waals surface area contributed by atoms with Crippen LogP contribution in [0.25, 0.3) is 10.9 Å². The Morgan fingerprint density at radius 1 is 1.14 bits per heavy atom. The van der Waals surface area contributed by atoms with Gasteiger partial charge in [-0.3, -0.25) is 14.2 Å². The molecule has 1 aromatic heterocycles. The van der Waals surface area contributed by atoms with Crippen LogP contribution in [0.4, 0.5) is 0 Å². The SMILES string of the molecule is COCCOc1ccc(CNC(=O)CCn2cnc3c(C)cccc3c2=O)cc1. The van der Waals surface area contributed by atoms with E-state index < -0.39 is 0 Å². The fraction of sp³-hybridized carbons (Fsp3) is 0.318. The Bertz CT molecular complexity index is 1030. The maximum absolute atomic E-state index is 12.6. The molecule has 1 amide bonds. The Kier molecular flexibility index (Phi) is 6.97. The summed E-state index contributed by atoms with van der Waals surface area (Å²) in [6.45, 7) is 3.66. The highest BCUT2D eigenvalue weighted by atomic mass is 16.5. The van der Waals surface area contributed by atoms with Crippen molar-refractivity contribution in [3.8, 4) is 5.75 Å². The van der Waals surface area contributed by atoms with E-state index >= 15 is 0 Å². The number of methoxy groups -OCH3 is 1. The van der Waals surface area contributed by atoms with Gasteiger partial charge in [-0.25, -0.2) is 4.98 Å². The molecule has 0 aliphatic rings. The van der Waals surface area contributed by atoms with Crippen LogP contribution in [0.15, 0.2) is 53.6 Å². The number of hydrogen-bond donors (Lipinski definition) is 1. The summed E-state index contributed by atoms with van der Waals surface area (Å²) in [6.07, 6.45) is 1.71. The van der Waals surface area contributed by atoms with Crippen LogP contribution >= 0.6 is 0 Å². The summed E-state index contributed by atoms with van der Waals surface area (Å²) in [7, 11) is 1.63. The number of carbonyl (C=O) groups excluding carboxylic acids is 1. The maximum Gasteiger partial charge on any atom is 0.261 e. The number of para-hydroxylation sites is 1.